The normalized spacial score (nSPS) is 24.4. The SMILES string of the molecule is [C-]#[N+]c1ccc(NC(=O)C(C)(C)n2cc(N3CC(N4CC5CN(C6CN(c7ccc8c(c7)C(=O)N(C7CCC(=O)NC7=O)C8=O)C6)CC5C4)C3)cn2)cc1C(F)(F)F. The van der Waals surface area contributed by atoms with Crippen LogP contribution in [0, 0.1) is 18.4 Å². The number of carbonyl (C=O) groups is 5. The number of rotatable bonds is 8. The van der Waals surface area contributed by atoms with Crippen LogP contribution in [-0.4, -0.2) is 124 Å². The van der Waals surface area contributed by atoms with Crippen molar-refractivity contribution in [2.24, 2.45) is 11.8 Å². The number of nitrogens with zero attached hydrogens (tertiary/aromatic N) is 8. The van der Waals surface area contributed by atoms with Crippen molar-refractivity contribution in [2.75, 3.05) is 67.5 Å². The molecule has 6 aliphatic heterocycles. The molecule has 5 saturated heterocycles. The maximum absolute atomic E-state index is 13.5. The lowest BCUT2D eigenvalue weighted by molar-refractivity contribution is -0.137. The first-order valence-corrected chi connectivity index (χ1v) is 19.4. The van der Waals surface area contributed by atoms with Gasteiger partial charge in [0.05, 0.1) is 35.1 Å². The molecule has 3 aromatic rings. The van der Waals surface area contributed by atoms with Gasteiger partial charge < -0.3 is 15.1 Å². The molecule has 2 N–H and O–H groups in total. The Bertz CT molecular complexity index is 2280. The summed E-state index contributed by atoms with van der Waals surface area (Å²) in [5.41, 5.74) is -0.607. The maximum atomic E-state index is 13.5. The van der Waals surface area contributed by atoms with Gasteiger partial charge in [-0.15, -0.1) is 0 Å². The van der Waals surface area contributed by atoms with Gasteiger partial charge in [-0.3, -0.25) is 48.7 Å². The predicted molar refractivity (Wildman–Crippen MR) is 203 cm³/mol. The van der Waals surface area contributed by atoms with Crippen LogP contribution in [0.15, 0.2) is 48.8 Å². The Labute approximate surface area is 331 Å². The number of alkyl halides is 3. The summed E-state index contributed by atoms with van der Waals surface area (Å²) in [5.74, 6) is -1.42. The van der Waals surface area contributed by atoms with Crippen LogP contribution in [-0.2, 0) is 26.1 Å². The molecular formula is C40H41F3N10O5. The van der Waals surface area contributed by atoms with Gasteiger partial charge in [0.1, 0.15) is 11.6 Å². The topological polar surface area (TPSA) is 148 Å². The summed E-state index contributed by atoms with van der Waals surface area (Å²) in [6, 6.07) is 8.18. The number of fused-ring (bicyclic) bond motifs is 2. The summed E-state index contributed by atoms with van der Waals surface area (Å²) in [4.78, 5) is 77.2. The molecule has 1 aromatic heterocycles. The first-order chi connectivity index (χ1) is 27.6. The van der Waals surface area contributed by atoms with Crippen molar-refractivity contribution in [2.45, 2.75) is 56.5 Å². The number of carbonyl (C=O) groups excluding carboxylic acids is 5. The van der Waals surface area contributed by atoms with Crippen molar-refractivity contribution in [3.63, 3.8) is 0 Å². The van der Waals surface area contributed by atoms with Crippen LogP contribution in [0.5, 0.6) is 0 Å². The lowest BCUT2D eigenvalue weighted by Crippen LogP contribution is -2.61. The van der Waals surface area contributed by atoms with Gasteiger partial charge in [-0.25, -0.2) is 4.85 Å². The summed E-state index contributed by atoms with van der Waals surface area (Å²) >= 11 is 0. The standard InChI is InChI=1S/C40H41F3N10O5/c1-39(2,38(58)46-24-4-7-32(44-3)31(10-24)40(41,42)43)52-21-26(12-45-52)51-19-28(20-51)49-15-22-13-48(14-23(22)16-49)27-17-50(18-27)25-5-6-29-30(11-25)37(57)53(36(29)56)33-8-9-34(54)47-35(33)55/h4-7,10-12,21-23,27-28,33H,8-9,13-20H2,1-2H3,(H,46,58)(H,47,54,55). The van der Waals surface area contributed by atoms with Crippen LogP contribution in [0.4, 0.5) is 35.9 Å². The average molecular weight is 799 g/mol. The van der Waals surface area contributed by atoms with E-state index in [9.17, 15) is 37.1 Å². The molecule has 302 valence electrons. The van der Waals surface area contributed by atoms with E-state index >= 15 is 0 Å². The third-order valence-electron chi connectivity index (χ3n) is 12.8. The zero-order chi connectivity index (χ0) is 40.8. The van der Waals surface area contributed by atoms with Gasteiger partial charge >= 0.3 is 6.18 Å². The van der Waals surface area contributed by atoms with E-state index in [1.807, 2.05) is 6.07 Å². The van der Waals surface area contributed by atoms with Gasteiger partial charge in [0.15, 0.2) is 5.69 Å². The van der Waals surface area contributed by atoms with Crippen molar-refractivity contribution >= 4 is 52.3 Å². The molecule has 0 bridgehead atoms. The number of halogens is 3. The Morgan fingerprint density at radius 3 is 2.07 bits per heavy atom. The van der Waals surface area contributed by atoms with Crippen LogP contribution in [0.3, 0.4) is 0 Å². The van der Waals surface area contributed by atoms with E-state index in [2.05, 4.69) is 40.2 Å². The number of piperidine rings is 1. The third-order valence-corrected chi connectivity index (χ3v) is 12.8. The molecule has 0 saturated carbocycles. The van der Waals surface area contributed by atoms with Crippen LogP contribution in [0.2, 0.25) is 0 Å². The molecule has 58 heavy (non-hydrogen) atoms. The molecule has 0 aliphatic carbocycles. The third kappa shape index (κ3) is 6.36. The highest BCUT2D eigenvalue weighted by Gasteiger charge is 2.49. The van der Waals surface area contributed by atoms with E-state index in [1.54, 1.807) is 38.4 Å². The van der Waals surface area contributed by atoms with Crippen molar-refractivity contribution in [1.82, 2.24) is 29.8 Å². The summed E-state index contributed by atoms with van der Waals surface area (Å²) in [5, 5.41) is 9.22. The van der Waals surface area contributed by atoms with Gasteiger partial charge in [0.25, 0.3) is 17.7 Å². The van der Waals surface area contributed by atoms with Crippen LogP contribution >= 0.6 is 0 Å². The Kier molecular flexibility index (Phi) is 8.89. The van der Waals surface area contributed by atoms with Gasteiger partial charge in [0.2, 0.25) is 11.8 Å². The second-order valence-electron chi connectivity index (χ2n) is 16.7. The van der Waals surface area contributed by atoms with E-state index in [0.29, 0.717) is 23.9 Å². The minimum Gasteiger partial charge on any atom is -0.368 e. The number of amides is 5. The molecule has 6 aliphatic rings. The second kappa shape index (κ2) is 13.7. The number of benzene rings is 2. The van der Waals surface area contributed by atoms with Gasteiger partial charge in [-0.05, 0) is 62.4 Å². The first kappa shape index (κ1) is 37.8. The summed E-state index contributed by atoms with van der Waals surface area (Å²) in [7, 11) is 0. The van der Waals surface area contributed by atoms with Gasteiger partial charge in [0, 0.05) is 88.4 Å². The van der Waals surface area contributed by atoms with Gasteiger partial charge in [-0.2, -0.15) is 18.3 Å². The van der Waals surface area contributed by atoms with Crippen molar-refractivity contribution in [3.05, 3.63) is 76.9 Å². The highest BCUT2D eigenvalue weighted by Crippen LogP contribution is 2.40. The van der Waals surface area contributed by atoms with E-state index in [1.165, 1.54) is 10.7 Å². The minimum atomic E-state index is -4.73. The lowest BCUT2D eigenvalue weighted by Gasteiger charge is -2.47. The van der Waals surface area contributed by atoms with E-state index in [-0.39, 0.29) is 29.7 Å². The Balaban J connectivity index is 0.740. The first-order valence-electron chi connectivity index (χ1n) is 19.4. The molecule has 0 spiro atoms. The fourth-order valence-electron chi connectivity index (χ4n) is 9.22. The zero-order valence-electron chi connectivity index (χ0n) is 31.8. The maximum Gasteiger partial charge on any atom is 0.407 e. The molecular weight excluding hydrogens is 757 g/mol. The van der Waals surface area contributed by atoms with E-state index in [4.69, 9.17) is 6.57 Å². The Morgan fingerprint density at radius 1 is 0.845 bits per heavy atom. The molecule has 2 aromatic carbocycles. The van der Waals surface area contributed by atoms with Crippen LogP contribution in [0.1, 0.15) is 53.0 Å². The van der Waals surface area contributed by atoms with Crippen LogP contribution < -0.4 is 20.4 Å². The number of hydrogen-bond acceptors (Lipinski definition) is 10. The number of likely N-dealkylation sites (tertiary alicyclic amines) is 2. The number of imide groups is 2. The second-order valence-corrected chi connectivity index (χ2v) is 16.7. The fourth-order valence-corrected chi connectivity index (χ4v) is 9.22. The molecule has 18 heteroatoms. The summed E-state index contributed by atoms with van der Waals surface area (Å²) in [6.45, 7) is 17.7. The predicted octanol–water partition coefficient (Wildman–Crippen LogP) is 3.17. The quantitative estimate of drug-likeness (QED) is 0.258. The fraction of sp³-hybridized carbons (Fsp3) is 0.475. The zero-order valence-corrected chi connectivity index (χ0v) is 31.8. The van der Waals surface area contributed by atoms with Crippen molar-refractivity contribution in [3.8, 4) is 0 Å². The van der Waals surface area contributed by atoms with Gasteiger partial charge in [-0.1, -0.05) is 6.07 Å². The molecule has 0 radical (unpaired) electrons. The summed E-state index contributed by atoms with van der Waals surface area (Å²) in [6.07, 6.45) is -1.05. The highest BCUT2D eigenvalue weighted by molar-refractivity contribution is 6.23. The number of nitrogens with one attached hydrogen (secondary N) is 2. The smallest absolute Gasteiger partial charge is 0.368 e. The summed E-state index contributed by atoms with van der Waals surface area (Å²) < 4.78 is 41.9. The highest BCUT2D eigenvalue weighted by atomic mass is 19.4. The Hall–Kier alpha value is -5.80. The lowest BCUT2D eigenvalue weighted by atomic mass is 10.0. The molecule has 5 fully saturated rings. The molecule has 15 nitrogen and oxygen atoms in total. The molecule has 9 rings (SSSR count). The Morgan fingerprint density at radius 2 is 1.47 bits per heavy atom. The largest absolute Gasteiger partial charge is 0.407 e. The molecule has 5 amide bonds. The van der Waals surface area contributed by atoms with Crippen LogP contribution in [0.25, 0.3) is 4.85 Å². The van der Waals surface area contributed by atoms with E-state index < -0.39 is 58.5 Å². The molecule has 7 heterocycles. The molecule has 3 atom stereocenters. The monoisotopic (exact) mass is 798 g/mol. The minimum absolute atomic E-state index is 0.0555. The number of hydrogen-bond donors (Lipinski definition) is 2. The molecule has 3 unspecified atom stereocenters. The number of aromatic nitrogens is 2. The van der Waals surface area contributed by atoms with E-state index in [0.717, 1.165) is 80.8 Å². The average Bonchev–Trinajstić information content (AvgIpc) is 3.91. The van der Waals surface area contributed by atoms with Crippen molar-refractivity contribution in [1.29, 1.82) is 0 Å². The number of anilines is 3. The van der Waals surface area contributed by atoms with Crippen molar-refractivity contribution < 1.29 is 37.1 Å².